The number of rotatable bonds is 3. The van der Waals surface area contributed by atoms with Gasteiger partial charge in [-0.05, 0) is 26.3 Å². The molecular formula is C10H18FNO. The lowest BCUT2D eigenvalue weighted by molar-refractivity contribution is -0.00762. The SMILES string of the molecule is C=CC(C)N1CCCC(F)(CO)C1. The maximum atomic E-state index is 13.7. The molecule has 3 heteroatoms. The smallest absolute Gasteiger partial charge is 0.146 e. The first kappa shape index (κ1) is 10.7. The zero-order valence-electron chi connectivity index (χ0n) is 8.17. The lowest BCUT2D eigenvalue weighted by Crippen LogP contribution is -2.50. The van der Waals surface area contributed by atoms with Crippen LogP contribution >= 0.6 is 0 Å². The molecule has 0 aromatic carbocycles. The van der Waals surface area contributed by atoms with Gasteiger partial charge in [0.05, 0.1) is 6.61 Å². The van der Waals surface area contributed by atoms with Crippen LogP contribution in [0.3, 0.4) is 0 Å². The number of nitrogens with zero attached hydrogens (tertiary/aromatic N) is 1. The number of likely N-dealkylation sites (tertiary alicyclic amines) is 1. The van der Waals surface area contributed by atoms with Crippen molar-refractivity contribution in [3.8, 4) is 0 Å². The van der Waals surface area contributed by atoms with E-state index in [1.165, 1.54) is 0 Å². The van der Waals surface area contributed by atoms with Gasteiger partial charge in [0.2, 0.25) is 0 Å². The summed E-state index contributed by atoms with van der Waals surface area (Å²) in [6.07, 6.45) is 3.10. The Morgan fingerprint density at radius 1 is 1.77 bits per heavy atom. The quantitative estimate of drug-likeness (QED) is 0.674. The number of aliphatic hydroxyl groups excluding tert-OH is 1. The van der Waals surface area contributed by atoms with Gasteiger partial charge in [-0.3, -0.25) is 4.90 Å². The van der Waals surface area contributed by atoms with E-state index in [0.29, 0.717) is 13.0 Å². The summed E-state index contributed by atoms with van der Waals surface area (Å²) < 4.78 is 13.7. The lowest BCUT2D eigenvalue weighted by Gasteiger charge is -2.38. The molecular weight excluding hydrogens is 169 g/mol. The molecule has 0 bridgehead atoms. The van der Waals surface area contributed by atoms with Gasteiger partial charge < -0.3 is 5.11 Å². The van der Waals surface area contributed by atoms with E-state index in [9.17, 15) is 4.39 Å². The van der Waals surface area contributed by atoms with Crippen LogP contribution in [-0.2, 0) is 0 Å². The molecule has 2 nitrogen and oxygen atoms in total. The molecule has 1 heterocycles. The molecule has 0 spiro atoms. The Kier molecular flexibility index (Phi) is 3.45. The molecule has 13 heavy (non-hydrogen) atoms. The van der Waals surface area contributed by atoms with Crippen LogP contribution in [0.15, 0.2) is 12.7 Å². The van der Waals surface area contributed by atoms with Crippen LogP contribution in [0.25, 0.3) is 0 Å². The first-order valence-corrected chi connectivity index (χ1v) is 4.78. The zero-order valence-corrected chi connectivity index (χ0v) is 8.17. The average Bonchev–Trinajstić information content (AvgIpc) is 2.17. The predicted octanol–water partition coefficient (Wildman–Crippen LogP) is 1.36. The van der Waals surface area contributed by atoms with E-state index >= 15 is 0 Å². The molecule has 2 unspecified atom stereocenters. The van der Waals surface area contributed by atoms with Gasteiger partial charge in [0, 0.05) is 12.6 Å². The largest absolute Gasteiger partial charge is 0.393 e. The first-order valence-electron chi connectivity index (χ1n) is 4.78. The molecule has 2 atom stereocenters. The van der Waals surface area contributed by atoms with Crippen molar-refractivity contribution in [1.82, 2.24) is 4.90 Å². The number of piperidine rings is 1. The van der Waals surface area contributed by atoms with E-state index in [0.717, 1.165) is 13.0 Å². The highest BCUT2D eigenvalue weighted by atomic mass is 19.1. The number of hydrogen-bond acceptors (Lipinski definition) is 2. The third-order valence-electron chi connectivity index (χ3n) is 2.76. The van der Waals surface area contributed by atoms with Crippen LogP contribution in [0.4, 0.5) is 4.39 Å². The maximum Gasteiger partial charge on any atom is 0.146 e. The Bertz CT molecular complexity index is 186. The highest BCUT2D eigenvalue weighted by molar-refractivity contribution is 4.93. The first-order chi connectivity index (χ1) is 6.11. The van der Waals surface area contributed by atoms with E-state index in [2.05, 4.69) is 6.58 Å². The van der Waals surface area contributed by atoms with Gasteiger partial charge in [0.25, 0.3) is 0 Å². The maximum absolute atomic E-state index is 13.7. The van der Waals surface area contributed by atoms with Crippen LogP contribution in [0.5, 0.6) is 0 Å². The molecule has 0 aromatic heterocycles. The minimum atomic E-state index is -1.39. The Balaban J connectivity index is 2.55. The highest BCUT2D eigenvalue weighted by Crippen LogP contribution is 2.25. The number of aliphatic hydroxyl groups is 1. The van der Waals surface area contributed by atoms with Gasteiger partial charge >= 0.3 is 0 Å². The topological polar surface area (TPSA) is 23.5 Å². The van der Waals surface area contributed by atoms with E-state index in [1.807, 2.05) is 17.9 Å². The van der Waals surface area contributed by atoms with Crippen LogP contribution in [0.2, 0.25) is 0 Å². The minimum absolute atomic E-state index is 0.196. The zero-order chi connectivity index (χ0) is 9.90. The van der Waals surface area contributed by atoms with Gasteiger partial charge in [-0.1, -0.05) is 6.08 Å². The van der Waals surface area contributed by atoms with Crippen molar-refractivity contribution >= 4 is 0 Å². The molecule has 0 amide bonds. The fourth-order valence-corrected chi connectivity index (χ4v) is 1.75. The highest BCUT2D eigenvalue weighted by Gasteiger charge is 2.35. The second kappa shape index (κ2) is 4.20. The summed E-state index contributed by atoms with van der Waals surface area (Å²) in [5.41, 5.74) is -1.39. The standard InChI is InChI=1S/C10H18FNO/c1-3-9(2)12-6-4-5-10(11,7-12)8-13/h3,9,13H,1,4-8H2,2H3. The molecule has 1 N–H and O–H groups in total. The summed E-state index contributed by atoms with van der Waals surface area (Å²) in [7, 11) is 0. The Morgan fingerprint density at radius 3 is 3.00 bits per heavy atom. The summed E-state index contributed by atoms with van der Waals surface area (Å²) in [6, 6.07) is 0.196. The van der Waals surface area contributed by atoms with Crippen molar-refractivity contribution in [2.75, 3.05) is 19.7 Å². The van der Waals surface area contributed by atoms with Crippen LogP contribution in [-0.4, -0.2) is 41.4 Å². The van der Waals surface area contributed by atoms with Gasteiger partial charge in [-0.25, -0.2) is 4.39 Å². The van der Waals surface area contributed by atoms with Crippen molar-refractivity contribution in [2.24, 2.45) is 0 Å². The van der Waals surface area contributed by atoms with Gasteiger partial charge in [-0.2, -0.15) is 0 Å². The number of halogens is 1. The number of alkyl halides is 1. The van der Waals surface area contributed by atoms with Gasteiger partial charge in [0.15, 0.2) is 0 Å². The van der Waals surface area contributed by atoms with Crippen LogP contribution < -0.4 is 0 Å². The van der Waals surface area contributed by atoms with Crippen molar-refractivity contribution in [3.63, 3.8) is 0 Å². The van der Waals surface area contributed by atoms with Crippen molar-refractivity contribution in [1.29, 1.82) is 0 Å². The summed E-state index contributed by atoms with van der Waals surface area (Å²) >= 11 is 0. The normalized spacial score (nSPS) is 32.8. The second-order valence-electron chi connectivity index (χ2n) is 3.86. The second-order valence-corrected chi connectivity index (χ2v) is 3.86. The minimum Gasteiger partial charge on any atom is -0.393 e. The van der Waals surface area contributed by atoms with Crippen LogP contribution in [0, 0.1) is 0 Å². The molecule has 1 aliphatic heterocycles. The summed E-state index contributed by atoms with van der Waals surface area (Å²) in [6.45, 7) is 6.54. The van der Waals surface area contributed by atoms with Gasteiger partial charge in [0.1, 0.15) is 5.67 Å². The summed E-state index contributed by atoms with van der Waals surface area (Å²) in [4.78, 5) is 2.02. The van der Waals surface area contributed by atoms with Crippen molar-refractivity contribution < 1.29 is 9.50 Å². The third kappa shape index (κ3) is 2.51. The van der Waals surface area contributed by atoms with E-state index < -0.39 is 5.67 Å². The molecule has 0 saturated carbocycles. The molecule has 0 aliphatic carbocycles. The fraction of sp³-hybridized carbons (Fsp3) is 0.800. The number of hydrogen-bond donors (Lipinski definition) is 1. The van der Waals surface area contributed by atoms with Crippen LogP contribution in [0.1, 0.15) is 19.8 Å². The predicted molar refractivity (Wildman–Crippen MR) is 51.4 cm³/mol. The third-order valence-corrected chi connectivity index (χ3v) is 2.76. The molecule has 1 aliphatic rings. The van der Waals surface area contributed by atoms with Crippen molar-refractivity contribution in [2.45, 2.75) is 31.5 Å². The molecule has 1 saturated heterocycles. The molecule has 1 rings (SSSR count). The molecule has 0 aromatic rings. The molecule has 0 radical (unpaired) electrons. The fourth-order valence-electron chi connectivity index (χ4n) is 1.75. The lowest BCUT2D eigenvalue weighted by atomic mass is 9.94. The Morgan fingerprint density at radius 2 is 2.46 bits per heavy atom. The average molecular weight is 187 g/mol. The summed E-state index contributed by atoms with van der Waals surface area (Å²) in [5.74, 6) is 0. The van der Waals surface area contributed by atoms with Gasteiger partial charge in [-0.15, -0.1) is 6.58 Å². The monoisotopic (exact) mass is 187 g/mol. The Labute approximate surface area is 79.0 Å². The molecule has 76 valence electrons. The Hall–Kier alpha value is -0.410. The summed E-state index contributed by atoms with van der Waals surface area (Å²) in [5, 5.41) is 8.90. The molecule has 1 fully saturated rings. The van der Waals surface area contributed by atoms with E-state index in [1.54, 1.807) is 0 Å². The van der Waals surface area contributed by atoms with E-state index in [-0.39, 0.29) is 12.6 Å². The van der Waals surface area contributed by atoms with E-state index in [4.69, 9.17) is 5.11 Å². The van der Waals surface area contributed by atoms with Crippen molar-refractivity contribution in [3.05, 3.63) is 12.7 Å².